The van der Waals surface area contributed by atoms with Crippen molar-refractivity contribution in [2.24, 2.45) is 22.6 Å². The van der Waals surface area contributed by atoms with E-state index in [9.17, 15) is 0 Å². The van der Waals surface area contributed by atoms with Crippen LogP contribution in [0.5, 0.6) is 0 Å². The summed E-state index contributed by atoms with van der Waals surface area (Å²) in [4.78, 5) is 9.46. The molecule has 1 saturated heterocycles. The van der Waals surface area contributed by atoms with Gasteiger partial charge in [-0.25, -0.2) is 0 Å². The van der Waals surface area contributed by atoms with Gasteiger partial charge in [0.25, 0.3) is 0 Å². The van der Waals surface area contributed by atoms with Crippen LogP contribution in [0.15, 0.2) is 4.99 Å². The summed E-state index contributed by atoms with van der Waals surface area (Å²) in [6.07, 6.45) is 3.69. The lowest BCUT2D eigenvalue weighted by molar-refractivity contribution is 0.140. The molecule has 1 aliphatic rings. The first kappa shape index (κ1) is 23.9. The Kier molecular flexibility index (Phi) is 13.1. The zero-order valence-electron chi connectivity index (χ0n) is 16.4. The van der Waals surface area contributed by atoms with E-state index in [0.29, 0.717) is 17.9 Å². The number of guanidine groups is 1. The summed E-state index contributed by atoms with van der Waals surface area (Å²) in [6, 6.07) is 0.408. The first-order valence-corrected chi connectivity index (χ1v) is 9.34. The first-order chi connectivity index (χ1) is 10.9. The maximum atomic E-state index is 6.02. The van der Waals surface area contributed by atoms with Gasteiger partial charge in [-0.15, -0.1) is 24.0 Å². The van der Waals surface area contributed by atoms with E-state index in [0.717, 1.165) is 25.4 Å². The molecule has 2 atom stereocenters. The van der Waals surface area contributed by atoms with Crippen molar-refractivity contribution < 1.29 is 0 Å². The average molecular weight is 453 g/mol. The van der Waals surface area contributed by atoms with Gasteiger partial charge >= 0.3 is 0 Å². The van der Waals surface area contributed by atoms with E-state index in [1.807, 2.05) is 0 Å². The van der Waals surface area contributed by atoms with Crippen LogP contribution < -0.4 is 11.1 Å². The highest BCUT2D eigenvalue weighted by molar-refractivity contribution is 14.0. The molecule has 0 bridgehead atoms. The summed E-state index contributed by atoms with van der Waals surface area (Å²) in [6.45, 7) is 15.6. The van der Waals surface area contributed by atoms with Crippen LogP contribution in [0, 0.1) is 11.8 Å². The molecule has 1 aliphatic heterocycles. The van der Waals surface area contributed by atoms with E-state index in [1.165, 1.54) is 39.0 Å². The van der Waals surface area contributed by atoms with Crippen molar-refractivity contribution in [1.82, 2.24) is 15.1 Å². The largest absolute Gasteiger partial charge is 0.370 e. The molecule has 0 radical (unpaired) electrons. The van der Waals surface area contributed by atoms with Crippen molar-refractivity contribution in [3.8, 4) is 0 Å². The molecule has 3 N–H and O–H groups in total. The lowest BCUT2D eigenvalue weighted by Crippen LogP contribution is -2.46. The molecular formula is C18H40IN5. The molecule has 0 aromatic rings. The summed E-state index contributed by atoms with van der Waals surface area (Å²) < 4.78 is 0. The van der Waals surface area contributed by atoms with Crippen LogP contribution in [0.3, 0.4) is 0 Å². The fourth-order valence-corrected chi connectivity index (χ4v) is 2.99. The molecule has 144 valence electrons. The second kappa shape index (κ2) is 13.2. The van der Waals surface area contributed by atoms with E-state index in [-0.39, 0.29) is 24.0 Å². The van der Waals surface area contributed by atoms with Crippen molar-refractivity contribution in [2.45, 2.75) is 53.0 Å². The Hall–Kier alpha value is -0.0800. The fourth-order valence-electron chi connectivity index (χ4n) is 2.99. The molecule has 0 aromatic heterocycles. The number of nitrogens with zero attached hydrogens (tertiary/aromatic N) is 3. The number of hydrogen-bond acceptors (Lipinski definition) is 3. The topological polar surface area (TPSA) is 56.9 Å². The predicted octanol–water partition coefficient (Wildman–Crippen LogP) is 2.61. The minimum Gasteiger partial charge on any atom is -0.370 e. The Morgan fingerprint density at radius 2 is 1.71 bits per heavy atom. The highest BCUT2D eigenvalue weighted by atomic mass is 127. The van der Waals surface area contributed by atoms with Crippen LogP contribution in [0.25, 0.3) is 0 Å². The lowest BCUT2D eigenvalue weighted by atomic mass is 10.0. The number of likely N-dealkylation sites (N-methyl/N-ethyl adjacent to an activating group) is 1. The van der Waals surface area contributed by atoms with E-state index in [4.69, 9.17) is 5.73 Å². The number of hydrogen-bond donors (Lipinski definition) is 2. The molecule has 0 spiro atoms. The molecule has 0 amide bonds. The van der Waals surface area contributed by atoms with Gasteiger partial charge in [-0.2, -0.15) is 0 Å². The second-order valence-electron chi connectivity index (χ2n) is 7.81. The number of halogens is 1. The highest BCUT2D eigenvalue weighted by Gasteiger charge is 2.15. The summed E-state index contributed by atoms with van der Waals surface area (Å²) in [5.41, 5.74) is 6.02. The van der Waals surface area contributed by atoms with Crippen molar-refractivity contribution in [2.75, 3.05) is 46.3 Å². The highest BCUT2D eigenvalue weighted by Crippen LogP contribution is 2.08. The van der Waals surface area contributed by atoms with Gasteiger partial charge in [-0.3, -0.25) is 4.99 Å². The monoisotopic (exact) mass is 453 g/mol. The summed E-state index contributed by atoms with van der Waals surface area (Å²) >= 11 is 0. The molecular weight excluding hydrogens is 413 g/mol. The van der Waals surface area contributed by atoms with Gasteiger partial charge in [0, 0.05) is 45.3 Å². The van der Waals surface area contributed by atoms with Crippen LogP contribution in [0.2, 0.25) is 0 Å². The van der Waals surface area contributed by atoms with Gasteiger partial charge < -0.3 is 20.9 Å². The molecule has 24 heavy (non-hydrogen) atoms. The summed E-state index contributed by atoms with van der Waals surface area (Å²) in [7, 11) is 2.19. The molecule has 1 heterocycles. The average Bonchev–Trinajstić information content (AvgIpc) is 2.47. The number of aliphatic imine (C=N–C) groups is 1. The van der Waals surface area contributed by atoms with Gasteiger partial charge in [-0.1, -0.05) is 33.6 Å². The van der Waals surface area contributed by atoms with Crippen LogP contribution in [-0.4, -0.2) is 68.1 Å². The van der Waals surface area contributed by atoms with Crippen molar-refractivity contribution in [3.05, 3.63) is 0 Å². The number of nitrogens with one attached hydrogen (secondary N) is 1. The molecule has 0 aromatic carbocycles. The predicted molar refractivity (Wildman–Crippen MR) is 116 cm³/mol. The Balaban J connectivity index is 0.00000529. The number of piperazine rings is 1. The molecule has 0 saturated carbocycles. The lowest BCUT2D eigenvalue weighted by Gasteiger charge is -2.33. The maximum Gasteiger partial charge on any atom is 0.188 e. The third-order valence-corrected chi connectivity index (χ3v) is 4.55. The Labute approximate surface area is 166 Å². The fraction of sp³-hybridized carbons (Fsp3) is 0.944. The third-order valence-electron chi connectivity index (χ3n) is 4.55. The van der Waals surface area contributed by atoms with Crippen LogP contribution >= 0.6 is 24.0 Å². The quantitative estimate of drug-likeness (QED) is 0.320. The minimum atomic E-state index is 0. The smallest absolute Gasteiger partial charge is 0.188 e. The molecule has 2 unspecified atom stereocenters. The zero-order valence-corrected chi connectivity index (χ0v) is 18.8. The zero-order chi connectivity index (χ0) is 17.2. The molecule has 1 rings (SSSR count). The van der Waals surface area contributed by atoms with Crippen LogP contribution in [0.4, 0.5) is 0 Å². The summed E-state index contributed by atoms with van der Waals surface area (Å²) in [5, 5.41) is 3.33. The maximum absolute atomic E-state index is 6.02. The van der Waals surface area contributed by atoms with Crippen LogP contribution in [-0.2, 0) is 0 Å². The first-order valence-electron chi connectivity index (χ1n) is 9.34. The Bertz CT molecular complexity index is 340. The normalized spacial score (nSPS) is 19.8. The Morgan fingerprint density at radius 1 is 1.08 bits per heavy atom. The molecule has 0 aliphatic carbocycles. The van der Waals surface area contributed by atoms with Crippen LogP contribution in [0.1, 0.15) is 47.0 Å². The Morgan fingerprint density at radius 3 is 2.29 bits per heavy atom. The standard InChI is InChI=1S/C18H39N5.HI/c1-15(2)7-6-8-17(4)21-18(19)20-13-16(3)14-23-11-9-22(5)10-12-23;/h15-17H,6-14H2,1-5H3,(H3,19,20,21);1H. The second-order valence-corrected chi connectivity index (χ2v) is 7.81. The van der Waals surface area contributed by atoms with Gasteiger partial charge in [0.1, 0.15) is 0 Å². The van der Waals surface area contributed by atoms with Gasteiger partial charge in [0.2, 0.25) is 0 Å². The van der Waals surface area contributed by atoms with E-state index >= 15 is 0 Å². The van der Waals surface area contributed by atoms with E-state index in [2.05, 4.69) is 54.9 Å². The van der Waals surface area contributed by atoms with Gasteiger partial charge in [0.05, 0.1) is 0 Å². The van der Waals surface area contributed by atoms with Crippen molar-refractivity contribution in [3.63, 3.8) is 0 Å². The third kappa shape index (κ3) is 11.5. The summed E-state index contributed by atoms with van der Waals surface area (Å²) in [5.74, 6) is 1.94. The molecule has 6 heteroatoms. The van der Waals surface area contributed by atoms with E-state index < -0.39 is 0 Å². The SMILES string of the molecule is CC(C)CCCC(C)NC(N)=NCC(C)CN1CCN(C)CC1.I. The van der Waals surface area contributed by atoms with Gasteiger partial charge in [0.15, 0.2) is 5.96 Å². The molecule has 5 nitrogen and oxygen atoms in total. The van der Waals surface area contributed by atoms with Gasteiger partial charge in [-0.05, 0) is 32.2 Å². The minimum absolute atomic E-state index is 0. The van der Waals surface area contributed by atoms with Crippen molar-refractivity contribution >= 4 is 29.9 Å². The molecule has 1 fully saturated rings. The van der Waals surface area contributed by atoms with Crippen molar-refractivity contribution in [1.29, 1.82) is 0 Å². The number of rotatable bonds is 9. The number of nitrogens with two attached hydrogens (primary N) is 1. The van der Waals surface area contributed by atoms with E-state index in [1.54, 1.807) is 0 Å².